The van der Waals surface area contributed by atoms with Crippen LogP contribution in [0, 0.1) is 0 Å². The van der Waals surface area contributed by atoms with Crippen LogP contribution < -0.4 is 27.2 Å². The average Bonchev–Trinajstić information content (AvgIpc) is 3.18. The monoisotopic (exact) mass is 791 g/mol. The minimum atomic E-state index is -0.510. The molecule has 1 amide bonds. The molecule has 3 aromatic heterocycles. The van der Waals surface area contributed by atoms with E-state index in [9.17, 15) is 4.79 Å². The van der Waals surface area contributed by atoms with Gasteiger partial charge in [0.15, 0.2) is 5.82 Å². The van der Waals surface area contributed by atoms with Gasteiger partial charge in [-0.2, -0.15) is 9.97 Å². The maximum absolute atomic E-state index is 11.7. The second kappa shape index (κ2) is 21.3. The predicted molar refractivity (Wildman–Crippen MR) is 210 cm³/mol. The lowest BCUT2D eigenvalue weighted by Crippen LogP contribution is -2.38. The second-order valence-electron chi connectivity index (χ2n) is 10.4. The topological polar surface area (TPSA) is 214 Å². The molecule has 14 nitrogen and oxygen atoms in total. The van der Waals surface area contributed by atoms with Crippen LogP contribution >= 0.6 is 46.7 Å². The van der Waals surface area contributed by atoms with Crippen LogP contribution in [-0.4, -0.2) is 65.3 Å². The number of aliphatic hydroxyl groups excluding tert-OH is 2. The fourth-order valence-electron chi connectivity index (χ4n) is 4.00. The number of halogens is 2. The van der Waals surface area contributed by atoms with Crippen molar-refractivity contribution in [3.05, 3.63) is 126 Å². The fraction of sp³-hybridized carbons (Fsp3) is 0.114. The SMILES string of the molecule is CC(=O)NN(c1ccccc1)c1nc(N)ncc1Sc1ccc(Cl)cc1.Nc1ncc(Sc2ccc(Cl)cc2)c(NC(CO)CO)n1.c1cncnc1. The molecule has 0 unspecified atom stereocenters. The quantitative estimate of drug-likeness (QED) is 0.0811. The van der Waals surface area contributed by atoms with Crippen LogP contribution in [0.25, 0.3) is 0 Å². The van der Waals surface area contributed by atoms with E-state index in [1.807, 2.05) is 66.7 Å². The Morgan fingerprint density at radius 1 is 0.774 bits per heavy atom. The Kier molecular flexibility index (Phi) is 16.3. The summed E-state index contributed by atoms with van der Waals surface area (Å²) in [6, 6.07) is 25.4. The van der Waals surface area contributed by atoms with E-state index in [-0.39, 0.29) is 31.0 Å². The number of hydrogen-bond acceptors (Lipinski definition) is 15. The Morgan fingerprint density at radius 2 is 1.30 bits per heavy atom. The van der Waals surface area contributed by atoms with E-state index >= 15 is 0 Å². The first kappa shape index (κ1) is 40.5. The molecule has 0 spiro atoms. The summed E-state index contributed by atoms with van der Waals surface area (Å²) in [4.78, 5) is 39.0. The lowest BCUT2D eigenvalue weighted by molar-refractivity contribution is -0.118. The first-order chi connectivity index (χ1) is 25.6. The number of nitrogens with zero attached hydrogens (tertiary/aromatic N) is 7. The van der Waals surface area contributed by atoms with Crippen LogP contribution in [0.15, 0.2) is 136 Å². The summed E-state index contributed by atoms with van der Waals surface area (Å²) < 4.78 is 0. The van der Waals surface area contributed by atoms with Crippen LogP contribution in [-0.2, 0) is 4.79 Å². The lowest BCUT2D eigenvalue weighted by atomic mass is 10.3. The molecule has 6 rings (SSSR count). The summed E-state index contributed by atoms with van der Waals surface area (Å²) in [7, 11) is 0. The summed E-state index contributed by atoms with van der Waals surface area (Å²) in [5.41, 5.74) is 14.9. The minimum absolute atomic E-state index is 0.117. The number of hydrogen-bond donors (Lipinski definition) is 6. The van der Waals surface area contributed by atoms with Gasteiger partial charge in [-0.15, -0.1) is 0 Å². The fourth-order valence-corrected chi connectivity index (χ4v) is 5.94. The highest BCUT2D eigenvalue weighted by atomic mass is 35.5. The van der Waals surface area contributed by atoms with Gasteiger partial charge >= 0.3 is 0 Å². The number of nitrogens with one attached hydrogen (secondary N) is 2. The van der Waals surface area contributed by atoms with Gasteiger partial charge in [-0.05, 0) is 66.7 Å². The van der Waals surface area contributed by atoms with Gasteiger partial charge in [-0.1, -0.05) is 64.9 Å². The van der Waals surface area contributed by atoms with Crippen molar-refractivity contribution in [3.8, 4) is 0 Å². The van der Waals surface area contributed by atoms with Gasteiger partial charge in [-0.3, -0.25) is 10.2 Å². The maximum Gasteiger partial charge on any atom is 0.235 e. The molecule has 3 heterocycles. The van der Waals surface area contributed by atoms with E-state index in [0.717, 1.165) is 25.3 Å². The summed E-state index contributed by atoms with van der Waals surface area (Å²) in [6.07, 6.45) is 8.10. The molecule has 0 saturated heterocycles. The zero-order valence-electron chi connectivity index (χ0n) is 28.1. The van der Waals surface area contributed by atoms with E-state index in [1.54, 1.807) is 48.0 Å². The number of nitrogens with two attached hydrogens (primary N) is 2. The maximum atomic E-state index is 11.7. The van der Waals surface area contributed by atoms with Gasteiger partial charge < -0.3 is 27.0 Å². The lowest BCUT2D eigenvalue weighted by Gasteiger charge is -2.25. The van der Waals surface area contributed by atoms with Crippen molar-refractivity contribution in [2.45, 2.75) is 32.5 Å². The number of amides is 1. The van der Waals surface area contributed by atoms with Crippen LogP contribution in [0.2, 0.25) is 10.0 Å². The van der Waals surface area contributed by atoms with Gasteiger partial charge in [0, 0.05) is 51.5 Å². The number of carbonyl (C=O) groups is 1. The Labute approximate surface area is 324 Å². The van der Waals surface area contributed by atoms with Crippen LogP contribution in [0.5, 0.6) is 0 Å². The molecule has 0 fully saturated rings. The number of hydrazine groups is 1. The number of aromatic nitrogens is 6. The Balaban J connectivity index is 0.000000207. The van der Waals surface area contributed by atoms with E-state index in [1.165, 1.54) is 36.8 Å². The van der Waals surface area contributed by atoms with E-state index < -0.39 is 6.04 Å². The van der Waals surface area contributed by atoms with Crippen molar-refractivity contribution >= 4 is 81.9 Å². The Bertz CT molecular complexity index is 1980. The van der Waals surface area contributed by atoms with Gasteiger partial charge in [0.1, 0.15) is 12.1 Å². The number of aliphatic hydroxyl groups is 2. The number of rotatable bonds is 11. The molecule has 0 radical (unpaired) electrons. The molecule has 0 atom stereocenters. The summed E-state index contributed by atoms with van der Waals surface area (Å²) in [5.74, 6) is 0.960. The molecule has 0 bridgehead atoms. The number of benzene rings is 3. The number of para-hydroxylation sites is 1. The average molecular weight is 793 g/mol. The molecule has 8 N–H and O–H groups in total. The zero-order chi connectivity index (χ0) is 38.0. The molecule has 0 aliphatic heterocycles. The third-order valence-electron chi connectivity index (χ3n) is 6.37. The normalized spacial score (nSPS) is 10.3. The zero-order valence-corrected chi connectivity index (χ0v) is 31.3. The van der Waals surface area contributed by atoms with E-state index in [4.69, 9.17) is 44.9 Å². The first-order valence-electron chi connectivity index (χ1n) is 15.6. The highest BCUT2D eigenvalue weighted by Gasteiger charge is 2.19. The molecule has 6 aromatic rings. The van der Waals surface area contributed by atoms with Crippen molar-refractivity contribution in [1.29, 1.82) is 0 Å². The van der Waals surface area contributed by atoms with Crippen molar-refractivity contribution < 1.29 is 15.0 Å². The van der Waals surface area contributed by atoms with Crippen LogP contribution in [0.1, 0.15) is 6.92 Å². The molecule has 0 aliphatic rings. The molecule has 0 aliphatic carbocycles. The highest BCUT2D eigenvalue weighted by molar-refractivity contribution is 7.99. The number of carbonyl (C=O) groups excluding carboxylic acids is 1. The minimum Gasteiger partial charge on any atom is -0.394 e. The summed E-state index contributed by atoms with van der Waals surface area (Å²) in [6.45, 7) is 1.00. The van der Waals surface area contributed by atoms with Crippen LogP contribution in [0.4, 0.5) is 29.2 Å². The third-order valence-corrected chi connectivity index (χ3v) is 8.91. The number of nitrogen functional groups attached to an aromatic ring is 2. The molecule has 53 heavy (non-hydrogen) atoms. The highest BCUT2D eigenvalue weighted by Crippen LogP contribution is 2.37. The smallest absolute Gasteiger partial charge is 0.235 e. The van der Waals surface area contributed by atoms with E-state index in [0.29, 0.717) is 21.7 Å². The van der Waals surface area contributed by atoms with Crippen molar-refractivity contribution in [2.24, 2.45) is 0 Å². The molecule has 0 saturated carbocycles. The van der Waals surface area contributed by atoms with Gasteiger partial charge in [0.05, 0.1) is 34.7 Å². The second-order valence-corrected chi connectivity index (χ2v) is 13.5. The van der Waals surface area contributed by atoms with E-state index in [2.05, 4.69) is 40.6 Å². The van der Waals surface area contributed by atoms with Crippen LogP contribution in [0.3, 0.4) is 0 Å². The largest absolute Gasteiger partial charge is 0.394 e. The third kappa shape index (κ3) is 13.7. The summed E-state index contributed by atoms with van der Waals surface area (Å²) in [5, 5.41) is 24.2. The standard InChI is InChI=1S/C18H16ClN5OS.C13H15ClN4O2S.C4H4N2/c1-12(25)23-24(14-5-3-2-4-6-14)17-16(11-21-18(20)22-17)26-15-9-7-13(19)8-10-15;14-8-1-3-10(4-2-8)21-11-5-16-13(15)18-12(11)17-9(6-19)7-20;1-2-5-4-6-3-1/h2-11H,1H3,(H,23,25)(H2,20,21,22);1-5,9,19-20H,6-7H2,(H3,15,16,17,18);1-4H. The summed E-state index contributed by atoms with van der Waals surface area (Å²) >= 11 is 14.7. The van der Waals surface area contributed by atoms with Crippen molar-refractivity contribution in [3.63, 3.8) is 0 Å². The van der Waals surface area contributed by atoms with Gasteiger partial charge in [0.2, 0.25) is 17.8 Å². The van der Waals surface area contributed by atoms with Crippen molar-refractivity contribution in [1.82, 2.24) is 35.3 Å². The van der Waals surface area contributed by atoms with Gasteiger partial charge in [0.25, 0.3) is 0 Å². The number of anilines is 5. The van der Waals surface area contributed by atoms with Gasteiger partial charge in [-0.25, -0.2) is 24.9 Å². The van der Waals surface area contributed by atoms with Crippen molar-refractivity contribution in [2.75, 3.05) is 35.0 Å². The first-order valence-corrected chi connectivity index (χ1v) is 18.0. The molecule has 3 aromatic carbocycles. The molecule has 18 heteroatoms. The molecule has 274 valence electrons. The Morgan fingerprint density at radius 3 is 1.79 bits per heavy atom. The predicted octanol–water partition coefficient (Wildman–Crippen LogP) is 6.16. The Hall–Kier alpha value is -5.23. The molecular weight excluding hydrogens is 757 g/mol. The molecular formula is C35H35Cl2N11O3S2.